The van der Waals surface area contributed by atoms with Crippen LogP contribution >= 0.6 is 11.6 Å². The van der Waals surface area contributed by atoms with Gasteiger partial charge in [-0.1, -0.05) is 37.1 Å². The first-order chi connectivity index (χ1) is 13.4. The Labute approximate surface area is 171 Å². The molecule has 5 nitrogen and oxygen atoms in total. The maximum Gasteiger partial charge on any atom is 0.251 e. The summed E-state index contributed by atoms with van der Waals surface area (Å²) < 4.78 is 2.22. The predicted molar refractivity (Wildman–Crippen MR) is 113 cm³/mol. The number of hydrogen-bond acceptors (Lipinski definition) is 2. The molecule has 1 aliphatic rings. The summed E-state index contributed by atoms with van der Waals surface area (Å²) in [6.45, 7) is 6.46. The second-order valence-corrected chi connectivity index (χ2v) is 7.83. The first-order valence-electron chi connectivity index (χ1n) is 9.99. The minimum Gasteiger partial charge on any atom is -0.366 e. The van der Waals surface area contributed by atoms with Crippen LogP contribution in [0.5, 0.6) is 0 Å². The first-order valence-corrected chi connectivity index (χ1v) is 10.4. The minimum atomic E-state index is -0.409. The summed E-state index contributed by atoms with van der Waals surface area (Å²) in [4.78, 5) is 26.1. The molecule has 0 saturated carbocycles. The van der Waals surface area contributed by atoms with Gasteiger partial charge in [0.15, 0.2) is 0 Å². The zero-order chi connectivity index (χ0) is 20.3. The van der Waals surface area contributed by atoms with Crippen molar-refractivity contribution in [3.63, 3.8) is 0 Å². The second-order valence-electron chi connectivity index (χ2n) is 7.39. The largest absolute Gasteiger partial charge is 0.366 e. The van der Waals surface area contributed by atoms with Gasteiger partial charge in [-0.2, -0.15) is 0 Å². The lowest BCUT2D eigenvalue weighted by Crippen LogP contribution is -2.26. The summed E-state index contributed by atoms with van der Waals surface area (Å²) in [5.74, 6) is -0.161. The van der Waals surface area contributed by atoms with Crippen molar-refractivity contribution in [3.8, 4) is 11.1 Å². The lowest BCUT2D eigenvalue weighted by atomic mass is 9.98. The Morgan fingerprint density at radius 2 is 1.93 bits per heavy atom. The number of rotatable bonds is 8. The molecule has 0 atom stereocenters. The topological polar surface area (TPSA) is 68.3 Å². The van der Waals surface area contributed by atoms with Gasteiger partial charge >= 0.3 is 0 Å². The molecule has 0 unspecified atom stereocenters. The lowest BCUT2D eigenvalue weighted by Gasteiger charge is -2.17. The zero-order valence-corrected chi connectivity index (χ0v) is 17.4. The molecule has 0 aliphatic carbocycles. The van der Waals surface area contributed by atoms with Gasteiger partial charge in [0.25, 0.3) is 5.91 Å². The molecule has 3 rings (SSSR count). The Kier molecular flexibility index (Phi) is 6.45. The predicted octanol–water partition coefficient (Wildman–Crippen LogP) is 4.18. The fourth-order valence-electron chi connectivity index (χ4n) is 4.19. The Bertz CT molecular complexity index is 871. The standard InChI is InChI=1S/C22H28ClN3O2/c1-3-6-18-21(16-8-10-17(23)11-9-16)20(22(24)28)15(2)26(18)14-5-13-25-12-4-7-19(25)27/h8-11H,3-7,12-14H2,1-2H3,(H2,24,28). The molecule has 28 heavy (non-hydrogen) atoms. The van der Waals surface area contributed by atoms with Gasteiger partial charge in [-0.05, 0) is 43.9 Å². The maximum atomic E-state index is 12.3. The highest BCUT2D eigenvalue weighted by atomic mass is 35.5. The normalized spacial score (nSPS) is 14.1. The van der Waals surface area contributed by atoms with Crippen LogP contribution in [0.15, 0.2) is 24.3 Å². The number of likely N-dealkylation sites (tertiary alicyclic amines) is 1. The Hall–Kier alpha value is -2.27. The van der Waals surface area contributed by atoms with Crippen LogP contribution in [0.25, 0.3) is 11.1 Å². The number of amides is 2. The third-order valence-electron chi connectivity index (χ3n) is 5.48. The number of nitrogens with zero attached hydrogens (tertiary/aromatic N) is 2. The molecular weight excluding hydrogens is 374 g/mol. The van der Waals surface area contributed by atoms with Gasteiger partial charge in [-0.3, -0.25) is 9.59 Å². The zero-order valence-electron chi connectivity index (χ0n) is 16.6. The van der Waals surface area contributed by atoms with Crippen LogP contribution in [0.1, 0.15) is 54.4 Å². The van der Waals surface area contributed by atoms with Crippen LogP contribution in [-0.2, 0) is 17.8 Å². The average Bonchev–Trinajstić information content (AvgIpc) is 3.18. The van der Waals surface area contributed by atoms with Crippen LogP contribution in [0.3, 0.4) is 0 Å². The van der Waals surface area contributed by atoms with Gasteiger partial charge in [-0.25, -0.2) is 0 Å². The van der Waals surface area contributed by atoms with Gasteiger partial charge in [0.05, 0.1) is 5.56 Å². The number of benzene rings is 1. The lowest BCUT2D eigenvalue weighted by molar-refractivity contribution is -0.127. The van der Waals surface area contributed by atoms with E-state index in [1.165, 1.54) is 0 Å². The van der Waals surface area contributed by atoms with E-state index in [0.717, 1.165) is 67.8 Å². The van der Waals surface area contributed by atoms with Gasteiger partial charge in [0.2, 0.25) is 5.91 Å². The van der Waals surface area contributed by atoms with E-state index in [1.54, 1.807) is 0 Å². The molecule has 1 aromatic heterocycles. The molecule has 0 bridgehead atoms. The monoisotopic (exact) mass is 401 g/mol. The third kappa shape index (κ3) is 4.09. The number of hydrogen-bond donors (Lipinski definition) is 1. The number of aromatic nitrogens is 1. The number of carbonyl (C=O) groups excluding carboxylic acids is 2. The summed E-state index contributed by atoms with van der Waals surface area (Å²) in [5, 5.41) is 0.660. The Morgan fingerprint density at radius 1 is 1.21 bits per heavy atom. The SMILES string of the molecule is CCCc1c(-c2ccc(Cl)cc2)c(C(N)=O)c(C)n1CCCN1CCCC1=O. The van der Waals surface area contributed by atoms with E-state index in [4.69, 9.17) is 17.3 Å². The van der Waals surface area contributed by atoms with E-state index in [1.807, 2.05) is 36.1 Å². The molecule has 2 amide bonds. The van der Waals surface area contributed by atoms with Crippen LogP contribution in [-0.4, -0.2) is 34.4 Å². The quantitative estimate of drug-likeness (QED) is 0.720. The number of halogens is 1. The Balaban J connectivity index is 1.96. The van der Waals surface area contributed by atoms with Crippen LogP contribution < -0.4 is 5.73 Å². The van der Waals surface area contributed by atoms with E-state index in [9.17, 15) is 9.59 Å². The molecular formula is C22H28ClN3O2. The first kappa shape index (κ1) is 20.5. The molecule has 1 saturated heterocycles. The highest BCUT2D eigenvalue weighted by Gasteiger charge is 2.25. The van der Waals surface area contributed by atoms with Crippen molar-refractivity contribution < 1.29 is 9.59 Å². The van der Waals surface area contributed by atoms with Gasteiger partial charge in [0.1, 0.15) is 0 Å². The summed E-state index contributed by atoms with van der Waals surface area (Å²) in [7, 11) is 0. The van der Waals surface area contributed by atoms with Crippen LogP contribution in [0.2, 0.25) is 5.02 Å². The van der Waals surface area contributed by atoms with E-state index in [0.29, 0.717) is 17.0 Å². The second kappa shape index (κ2) is 8.82. The molecule has 1 fully saturated rings. The Morgan fingerprint density at radius 3 is 2.50 bits per heavy atom. The summed E-state index contributed by atoms with van der Waals surface area (Å²) in [5.41, 5.74) is 10.3. The van der Waals surface area contributed by atoms with Crippen LogP contribution in [0, 0.1) is 6.92 Å². The molecule has 6 heteroatoms. The average molecular weight is 402 g/mol. The molecule has 1 aromatic carbocycles. The van der Waals surface area contributed by atoms with Crippen molar-refractivity contribution in [2.24, 2.45) is 5.73 Å². The van der Waals surface area contributed by atoms with E-state index < -0.39 is 5.91 Å². The summed E-state index contributed by atoms with van der Waals surface area (Å²) in [6, 6.07) is 7.55. The van der Waals surface area contributed by atoms with E-state index >= 15 is 0 Å². The molecule has 2 heterocycles. The van der Waals surface area contributed by atoms with Crippen molar-refractivity contribution in [2.75, 3.05) is 13.1 Å². The van der Waals surface area contributed by atoms with Crippen molar-refractivity contribution >= 4 is 23.4 Å². The maximum absolute atomic E-state index is 12.3. The molecule has 1 aliphatic heterocycles. The van der Waals surface area contributed by atoms with Gasteiger partial charge < -0.3 is 15.2 Å². The van der Waals surface area contributed by atoms with Crippen LogP contribution in [0.4, 0.5) is 0 Å². The molecule has 2 aromatic rings. The number of primary amides is 1. The van der Waals surface area contributed by atoms with Gasteiger partial charge in [-0.15, -0.1) is 0 Å². The van der Waals surface area contributed by atoms with Crippen molar-refractivity contribution in [1.82, 2.24) is 9.47 Å². The van der Waals surface area contributed by atoms with Gasteiger partial charge in [0, 0.05) is 48.0 Å². The van der Waals surface area contributed by atoms with Crippen molar-refractivity contribution in [3.05, 3.63) is 46.2 Å². The molecule has 150 valence electrons. The number of carbonyl (C=O) groups is 2. The minimum absolute atomic E-state index is 0.248. The van der Waals surface area contributed by atoms with Crippen molar-refractivity contribution in [2.45, 2.75) is 52.5 Å². The smallest absolute Gasteiger partial charge is 0.251 e. The van der Waals surface area contributed by atoms with Crippen molar-refractivity contribution in [1.29, 1.82) is 0 Å². The van der Waals surface area contributed by atoms with E-state index in [-0.39, 0.29) is 5.91 Å². The van der Waals surface area contributed by atoms with E-state index in [2.05, 4.69) is 11.5 Å². The highest BCUT2D eigenvalue weighted by Crippen LogP contribution is 2.34. The summed E-state index contributed by atoms with van der Waals surface area (Å²) >= 11 is 6.05. The summed E-state index contributed by atoms with van der Waals surface area (Å²) in [6.07, 6.45) is 4.29. The third-order valence-corrected chi connectivity index (χ3v) is 5.73. The molecule has 2 N–H and O–H groups in total. The molecule has 0 spiro atoms. The highest BCUT2D eigenvalue weighted by molar-refractivity contribution is 6.30. The fourth-order valence-corrected chi connectivity index (χ4v) is 4.31. The number of nitrogens with two attached hydrogens (primary N) is 1. The fraction of sp³-hybridized carbons (Fsp3) is 0.455. The molecule has 0 radical (unpaired) electrons.